The summed E-state index contributed by atoms with van der Waals surface area (Å²) in [5.74, 6) is 0.0654. The van der Waals surface area contributed by atoms with E-state index in [1.54, 1.807) is 27.7 Å². The third-order valence-corrected chi connectivity index (χ3v) is 9.05. The average molecular weight is 597 g/mol. The molecular weight excluding hydrogens is 563 g/mol. The standard InChI is InChI=1S/C21H34ClN6O8PS/c1-11(2)27-37(33,34-6-7-38-18(31)20(3,4)9-29)35-8-12-14(30)21(5,32)17(36-12)28-10-24-13-15(22)25-19(23)26-16(13)28/h10-12,14,17,29-30,32H,6-9H2,1-5H3,(H,27,33)(H2,23,25,26)/t12-,14?,17?,21?,37?/m1/s1. The normalized spacial score (nSPS) is 25.8. The number of halogens is 1. The monoisotopic (exact) mass is 596 g/mol. The average Bonchev–Trinajstić information content (AvgIpc) is 3.33. The predicted octanol–water partition coefficient (Wildman–Crippen LogP) is 1.49. The van der Waals surface area contributed by atoms with Crippen molar-refractivity contribution in [2.45, 2.75) is 64.7 Å². The van der Waals surface area contributed by atoms with Gasteiger partial charge in [-0.1, -0.05) is 23.4 Å². The van der Waals surface area contributed by atoms with Crippen LogP contribution in [0.4, 0.5) is 5.95 Å². The van der Waals surface area contributed by atoms with Gasteiger partial charge in [-0.15, -0.1) is 0 Å². The first kappa shape index (κ1) is 31.1. The summed E-state index contributed by atoms with van der Waals surface area (Å²) >= 11 is 7.04. The van der Waals surface area contributed by atoms with Gasteiger partial charge in [0.1, 0.15) is 23.3 Å². The number of carbonyl (C=O) groups excluding carboxylic acids is 1. The van der Waals surface area contributed by atoms with Gasteiger partial charge in [-0.25, -0.2) is 14.6 Å². The Hall–Kier alpha value is -1.39. The van der Waals surface area contributed by atoms with Gasteiger partial charge >= 0.3 is 7.75 Å². The fourth-order valence-electron chi connectivity index (χ4n) is 3.60. The molecule has 1 aliphatic rings. The molecule has 17 heteroatoms. The highest BCUT2D eigenvalue weighted by Crippen LogP contribution is 2.47. The van der Waals surface area contributed by atoms with Gasteiger partial charge in [0.25, 0.3) is 0 Å². The number of anilines is 1. The number of nitrogens with two attached hydrogens (primary N) is 1. The SMILES string of the molecule is CC(C)NP(=O)(OCCSC(=O)C(C)(C)CO)OC[C@H]1OC(n2cnc3c(Cl)nc(N)nc32)C(C)(O)C1O. The molecule has 3 rings (SSSR count). The molecular formula is C21H34ClN6O8PS. The number of nitrogens with zero attached hydrogens (tertiary/aromatic N) is 4. The fraction of sp³-hybridized carbons (Fsp3) is 0.714. The number of aromatic nitrogens is 4. The number of aliphatic hydroxyl groups is 3. The molecule has 0 radical (unpaired) electrons. The van der Waals surface area contributed by atoms with Crippen LogP contribution in [0.25, 0.3) is 11.2 Å². The fourth-order valence-corrected chi connectivity index (χ4v) is 6.28. The van der Waals surface area contributed by atoms with Crippen LogP contribution < -0.4 is 10.8 Å². The molecule has 2 aromatic heterocycles. The topological polar surface area (TPSA) is 204 Å². The molecule has 38 heavy (non-hydrogen) atoms. The third-order valence-electron chi connectivity index (χ3n) is 5.75. The molecule has 0 spiro atoms. The lowest BCUT2D eigenvalue weighted by molar-refractivity contribution is -0.119. The second-order valence-electron chi connectivity index (χ2n) is 9.98. The van der Waals surface area contributed by atoms with E-state index in [-0.39, 0.29) is 52.4 Å². The lowest BCUT2D eigenvalue weighted by atomic mass is 9.96. The van der Waals surface area contributed by atoms with Crippen molar-refractivity contribution in [3.63, 3.8) is 0 Å². The highest BCUT2D eigenvalue weighted by atomic mass is 35.5. The molecule has 0 bridgehead atoms. The van der Waals surface area contributed by atoms with Crippen LogP contribution in [0.2, 0.25) is 5.15 Å². The van der Waals surface area contributed by atoms with E-state index in [2.05, 4.69) is 20.0 Å². The zero-order valence-corrected chi connectivity index (χ0v) is 24.2. The van der Waals surface area contributed by atoms with Gasteiger partial charge in [0.05, 0.1) is 31.6 Å². The number of carbonyl (C=O) groups is 1. The maximum absolute atomic E-state index is 13.4. The molecule has 0 amide bonds. The Balaban J connectivity index is 1.69. The number of fused-ring (bicyclic) bond motifs is 1. The Morgan fingerprint density at radius 3 is 2.74 bits per heavy atom. The van der Waals surface area contributed by atoms with Gasteiger partial charge in [0.15, 0.2) is 22.1 Å². The van der Waals surface area contributed by atoms with Crippen molar-refractivity contribution in [3.05, 3.63) is 11.5 Å². The van der Waals surface area contributed by atoms with Gasteiger partial charge in [-0.2, -0.15) is 9.97 Å². The number of hydrogen-bond donors (Lipinski definition) is 5. The molecule has 5 atom stereocenters. The molecule has 214 valence electrons. The van der Waals surface area contributed by atoms with Crippen molar-refractivity contribution in [2.75, 3.05) is 31.3 Å². The maximum atomic E-state index is 13.4. The van der Waals surface area contributed by atoms with E-state index >= 15 is 0 Å². The van der Waals surface area contributed by atoms with E-state index in [0.717, 1.165) is 11.8 Å². The van der Waals surface area contributed by atoms with E-state index < -0.39 is 43.8 Å². The quantitative estimate of drug-likeness (QED) is 0.134. The Morgan fingerprint density at radius 1 is 1.42 bits per heavy atom. The summed E-state index contributed by atoms with van der Waals surface area (Å²) in [5, 5.41) is 33.8. The molecule has 3 heterocycles. The van der Waals surface area contributed by atoms with E-state index in [1.165, 1.54) is 17.8 Å². The molecule has 1 saturated heterocycles. The molecule has 0 aliphatic carbocycles. The Morgan fingerprint density at radius 2 is 2.11 bits per heavy atom. The zero-order chi connectivity index (χ0) is 28.5. The second kappa shape index (κ2) is 12.0. The molecule has 14 nitrogen and oxygen atoms in total. The molecule has 0 saturated carbocycles. The van der Waals surface area contributed by atoms with Gasteiger partial charge in [-0.05, 0) is 34.6 Å². The van der Waals surface area contributed by atoms with Crippen molar-refractivity contribution in [3.8, 4) is 0 Å². The minimum Gasteiger partial charge on any atom is -0.395 e. The van der Waals surface area contributed by atoms with E-state index in [9.17, 15) is 24.7 Å². The van der Waals surface area contributed by atoms with Gasteiger partial charge in [0, 0.05) is 11.8 Å². The van der Waals surface area contributed by atoms with Crippen molar-refractivity contribution >= 4 is 53.3 Å². The highest BCUT2D eigenvalue weighted by molar-refractivity contribution is 8.13. The number of nitrogens with one attached hydrogen (secondary N) is 1. The van der Waals surface area contributed by atoms with E-state index in [1.807, 2.05) is 0 Å². The van der Waals surface area contributed by atoms with Crippen LogP contribution in [-0.2, 0) is 23.1 Å². The Kier molecular flexibility index (Phi) is 9.84. The molecule has 1 fully saturated rings. The van der Waals surface area contributed by atoms with Crippen LogP contribution in [0.15, 0.2) is 6.33 Å². The van der Waals surface area contributed by atoms with E-state index in [4.69, 9.17) is 31.1 Å². The largest absolute Gasteiger partial charge is 0.405 e. The maximum Gasteiger partial charge on any atom is 0.405 e. The Bertz CT molecular complexity index is 1200. The van der Waals surface area contributed by atoms with Crippen LogP contribution in [-0.4, -0.2) is 89.4 Å². The number of ether oxygens (including phenoxy) is 1. The number of hydrogen-bond acceptors (Lipinski definition) is 13. The van der Waals surface area contributed by atoms with Gasteiger partial charge in [-0.3, -0.25) is 18.4 Å². The third kappa shape index (κ3) is 6.84. The van der Waals surface area contributed by atoms with E-state index in [0.29, 0.717) is 0 Å². The van der Waals surface area contributed by atoms with Crippen LogP contribution in [0, 0.1) is 5.41 Å². The first-order valence-corrected chi connectivity index (χ1v) is 14.7. The number of thioether (sulfide) groups is 1. The molecule has 2 aromatic rings. The van der Waals surface area contributed by atoms with Crippen molar-refractivity contribution in [2.24, 2.45) is 5.41 Å². The Labute approximate surface area is 229 Å². The van der Waals surface area contributed by atoms with Crippen molar-refractivity contribution in [1.82, 2.24) is 24.6 Å². The van der Waals surface area contributed by atoms with Crippen LogP contribution >= 0.6 is 31.1 Å². The van der Waals surface area contributed by atoms with Crippen LogP contribution in [0.3, 0.4) is 0 Å². The van der Waals surface area contributed by atoms with Gasteiger partial charge in [0.2, 0.25) is 5.95 Å². The summed E-state index contributed by atoms with van der Waals surface area (Å²) in [4.78, 5) is 24.3. The predicted molar refractivity (Wildman–Crippen MR) is 141 cm³/mol. The first-order chi connectivity index (χ1) is 17.6. The summed E-state index contributed by atoms with van der Waals surface area (Å²) in [6.07, 6.45) is -2.42. The van der Waals surface area contributed by atoms with Crippen molar-refractivity contribution < 1.29 is 38.5 Å². The smallest absolute Gasteiger partial charge is 0.395 e. The summed E-state index contributed by atoms with van der Waals surface area (Å²) in [5.41, 5.74) is 3.38. The minimum atomic E-state index is -3.91. The summed E-state index contributed by atoms with van der Waals surface area (Å²) in [7, 11) is -3.91. The highest BCUT2D eigenvalue weighted by Gasteiger charge is 2.54. The number of aliphatic hydroxyl groups excluding tert-OH is 2. The van der Waals surface area contributed by atoms with Crippen LogP contribution in [0.1, 0.15) is 40.8 Å². The lowest BCUT2D eigenvalue weighted by Crippen LogP contribution is -2.44. The second-order valence-corrected chi connectivity index (χ2v) is 13.2. The van der Waals surface area contributed by atoms with Gasteiger partial charge < -0.3 is 25.8 Å². The number of nitrogen functional groups attached to an aromatic ring is 1. The number of imidazole rings is 1. The molecule has 6 N–H and O–H groups in total. The number of rotatable bonds is 12. The lowest BCUT2D eigenvalue weighted by Gasteiger charge is -2.27. The van der Waals surface area contributed by atoms with Crippen LogP contribution in [0.5, 0.6) is 0 Å². The first-order valence-electron chi connectivity index (χ1n) is 11.8. The zero-order valence-electron chi connectivity index (χ0n) is 21.7. The molecule has 1 aliphatic heterocycles. The molecule has 0 aromatic carbocycles. The molecule has 4 unspecified atom stereocenters. The summed E-state index contributed by atoms with van der Waals surface area (Å²) < 4.78 is 31.7. The summed E-state index contributed by atoms with van der Waals surface area (Å²) in [6, 6.07) is -0.291. The minimum absolute atomic E-state index is 0.0157. The summed E-state index contributed by atoms with van der Waals surface area (Å²) in [6.45, 7) is 7.30. The van der Waals surface area contributed by atoms with Crippen molar-refractivity contribution in [1.29, 1.82) is 0 Å².